The van der Waals surface area contributed by atoms with Crippen LogP contribution < -0.4 is 5.73 Å². The van der Waals surface area contributed by atoms with Crippen LogP contribution in [0.4, 0.5) is 0 Å². The van der Waals surface area contributed by atoms with Crippen LogP contribution in [-0.2, 0) is 4.79 Å². The van der Waals surface area contributed by atoms with Gasteiger partial charge in [-0.05, 0) is 56.8 Å². The molecular weight excluding hydrogens is 240 g/mol. The summed E-state index contributed by atoms with van der Waals surface area (Å²) in [6.45, 7) is 0. The minimum Gasteiger partial charge on any atom is -0.393 e. The highest BCUT2D eigenvalue weighted by Gasteiger charge is 2.53. The molecule has 0 radical (unpaired) electrons. The molecule has 4 rings (SSSR count). The van der Waals surface area contributed by atoms with Crippen LogP contribution in [-0.4, -0.2) is 40.1 Å². The van der Waals surface area contributed by atoms with E-state index in [1.807, 2.05) is 0 Å². The van der Waals surface area contributed by atoms with Gasteiger partial charge in [0.15, 0.2) is 0 Å². The largest absolute Gasteiger partial charge is 0.393 e. The number of hydrogen-bond acceptors (Lipinski definition) is 3. The van der Waals surface area contributed by atoms with Crippen LogP contribution >= 0.6 is 0 Å². The van der Waals surface area contributed by atoms with Crippen molar-refractivity contribution >= 4 is 5.91 Å². The quantitative estimate of drug-likeness (QED) is 0.738. The number of carbonyl (C=O) groups excluding carboxylic acids is 1. The van der Waals surface area contributed by atoms with E-state index in [0.717, 1.165) is 25.7 Å². The number of rotatable bonds is 1. The average molecular weight is 264 g/mol. The van der Waals surface area contributed by atoms with E-state index in [1.54, 1.807) is 0 Å². The maximum Gasteiger partial charge on any atom is 0.228 e. The Bertz CT molecular complexity index is 384. The number of hydrogen-bond donors (Lipinski definition) is 2. The Kier molecular flexibility index (Phi) is 2.68. The Morgan fingerprint density at radius 1 is 1.00 bits per heavy atom. The van der Waals surface area contributed by atoms with Crippen LogP contribution in [0.2, 0.25) is 0 Å². The summed E-state index contributed by atoms with van der Waals surface area (Å²) in [6.07, 6.45) is 7.09. The van der Waals surface area contributed by atoms with Crippen molar-refractivity contribution in [1.82, 2.24) is 4.90 Å². The topological polar surface area (TPSA) is 66.6 Å². The number of piperidine rings is 1. The Morgan fingerprint density at radius 3 is 2.21 bits per heavy atom. The number of nitrogens with two attached hydrogens (primary N) is 1. The molecule has 4 aliphatic rings. The van der Waals surface area contributed by atoms with E-state index in [4.69, 9.17) is 5.73 Å². The molecule has 0 aromatic carbocycles. The molecule has 4 bridgehead atoms. The third-order valence-corrected chi connectivity index (χ3v) is 6.23. The maximum absolute atomic E-state index is 12.9. The minimum atomic E-state index is -0.199. The number of amides is 1. The highest BCUT2D eigenvalue weighted by atomic mass is 16.3. The average Bonchev–Trinajstić information content (AvgIpc) is 3.01. The van der Waals surface area contributed by atoms with E-state index < -0.39 is 0 Å². The fourth-order valence-corrected chi connectivity index (χ4v) is 5.38. The van der Waals surface area contributed by atoms with Crippen LogP contribution in [0.5, 0.6) is 0 Å². The van der Waals surface area contributed by atoms with Crippen LogP contribution in [0.1, 0.15) is 44.9 Å². The van der Waals surface area contributed by atoms with Gasteiger partial charge >= 0.3 is 0 Å². The first-order valence-electron chi connectivity index (χ1n) is 7.91. The molecule has 3 N–H and O–H groups in total. The summed E-state index contributed by atoms with van der Waals surface area (Å²) in [5.74, 6) is 1.53. The highest BCUT2D eigenvalue weighted by molar-refractivity contribution is 5.81. The number of carbonyl (C=O) groups is 1. The fourth-order valence-electron chi connectivity index (χ4n) is 5.38. The summed E-state index contributed by atoms with van der Waals surface area (Å²) in [6, 6.07) is 0.664. The predicted octanol–water partition coefficient (Wildman–Crippen LogP) is 0.874. The fraction of sp³-hybridized carbons (Fsp3) is 0.933. The Morgan fingerprint density at radius 2 is 1.63 bits per heavy atom. The summed E-state index contributed by atoms with van der Waals surface area (Å²) >= 11 is 0. The zero-order valence-electron chi connectivity index (χ0n) is 11.4. The first-order chi connectivity index (χ1) is 9.15. The molecule has 2 saturated carbocycles. The molecule has 0 spiro atoms. The molecule has 0 aromatic heterocycles. The second-order valence-corrected chi connectivity index (χ2v) is 7.19. The van der Waals surface area contributed by atoms with Crippen LogP contribution in [0.3, 0.4) is 0 Å². The SMILES string of the molecule is NC1C2CCC(C2)C1C(=O)N1C2CCC1CC(O)C2. The molecule has 6 unspecified atom stereocenters. The number of aliphatic hydroxyl groups is 1. The lowest BCUT2D eigenvalue weighted by atomic mass is 9.83. The summed E-state index contributed by atoms with van der Waals surface area (Å²) in [4.78, 5) is 15.1. The van der Waals surface area contributed by atoms with Gasteiger partial charge in [0.05, 0.1) is 12.0 Å². The van der Waals surface area contributed by atoms with Crippen molar-refractivity contribution in [1.29, 1.82) is 0 Å². The van der Waals surface area contributed by atoms with Gasteiger partial charge in [0.2, 0.25) is 5.91 Å². The molecule has 2 aliphatic heterocycles. The molecule has 2 saturated heterocycles. The normalized spacial score (nSPS) is 51.9. The van der Waals surface area contributed by atoms with Crippen molar-refractivity contribution in [3.05, 3.63) is 0 Å². The third kappa shape index (κ3) is 1.69. The van der Waals surface area contributed by atoms with Gasteiger partial charge < -0.3 is 15.7 Å². The van der Waals surface area contributed by atoms with Crippen molar-refractivity contribution in [2.45, 2.75) is 69.2 Å². The molecule has 0 aromatic rings. The van der Waals surface area contributed by atoms with Crippen molar-refractivity contribution in [2.24, 2.45) is 23.5 Å². The zero-order valence-corrected chi connectivity index (χ0v) is 11.4. The van der Waals surface area contributed by atoms with Gasteiger partial charge in [0.25, 0.3) is 0 Å². The number of aliphatic hydroxyl groups excluding tert-OH is 1. The van der Waals surface area contributed by atoms with E-state index in [0.29, 0.717) is 17.7 Å². The first kappa shape index (κ1) is 12.2. The van der Waals surface area contributed by atoms with E-state index in [-0.39, 0.29) is 30.1 Å². The van der Waals surface area contributed by atoms with Crippen molar-refractivity contribution in [2.75, 3.05) is 0 Å². The number of fused-ring (bicyclic) bond motifs is 4. The monoisotopic (exact) mass is 264 g/mol. The van der Waals surface area contributed by atoms with Crippen molar-refractivity contribution < 1.29 is 9.90 Å². The van der Waals surface area contributed by atoms with Gasteiger partial charge in [0.1, 0.15) is 0 Å². The molecule has 1 amide bonds. The standard InChI is InChI=1S/C15H24N2O2/c16-14-9-2-1-8(5-9)13(14)15(19)17-10-3-4-11(17)7-12(18)6-10/h8-14,18H,1-7,16H2. The summed E-state index contributed by atoms with van der Waals surface area (Å²) in [5.41, 5.74) is 6.31. The van der Waals surface area contributed by atoms with E-state index in [1.165, 1.54) is 19.3 Å². The molecule has 6 atom stereocenters. The smallest absolute Gasteiger partial charge is 0.228 e. The summed E-state index contributed by atoms with van der Waals surface area (Å²) in [7, 11) is 0. The van der Waals surface area contributed by atoms with Crippen LogP contribution in [0.25, 0.3) is 0 Å². The lowest BCUT2D eigenvalue weighted by Crippen LogP contribution is -2.54. The highest BCUT2D eigenvalue weighted by Crippen LogP contribution is 2.49. The van der Waals surface area contributed by atoms with E-state index in [2.05, 4.69) is 4.90 Å². The van der Waals surface area contributed by atoms with E-state index in [9.17, 15) is 9.90 Å². The maximum atomic E-state index is 12.9. The van der Waals surface area contributed by atoms with Gasteiger partial charge in [-0.3, -0.25) is 4.79 Å². The Balaban J connectivity index is 1.55. The lowest BCUT2D eigenvalue weighted by molar-refractivity contribution is -0.144. The zero-order chi connectivity index (χ0) is 13.1. The molecule has 19 heavy (non-hydrogen) atoms. The van der Waals surface area contributed by atoms with E-state index >= 15 is 0 Å². The predicted molar refractivity (Wildman–Crippen MR) is 71.2 cm³/mol. The minimum absolute atomic E-state index is 0.0806. The lowest BCUT2D eigenvalue weighted by Gasteiger charge is -2.41. The second kappa shape index (κ2) is 4.19. The molecule has 106 valence electrons. The third-order valence-electron chi connectivity index (χ3n) is 6.23. The van der Waals surface area contributed by atoms with Crippen LogP contribution in [0, 0.1) is 17.8 Å². The first-order valence-corrected chi connectivity index (χ1v) is 7.91. The molecule has 4 fully saturated rings. The van der Waals surface area contributed by atoms with Gasteiger partial charge in [-0.2, -0.15) is 0 Å². The molecule has 4 heteroatoms. The van der Waals surface area contributed by atoms with Gasteiger partial charge in [0, 0.05) is 18.1 Å². The second-order valence-electron chi connectivity index (χ2n) is 7.19. The van der Waals surface area contributed by atoms with Gasteiger partial charge in [-0.25, -0.2) is 0 Å². The Labute approximate surface area is 114 Å². The number of nitrogens with zero attached hydrogens (tertiary/aromatic N) is 1. The summed E-state index contributed by atoms with van der Waals surface area (Å²) in [5, 5.41) is 9.85. The molecular formula is C15H24N2O2. The Hall–Kier alpha value is -0.610. The summed E-state index contributed by atoms with van der Waals surface area (Å²) < 4.78 is 0. The van der Waals surface area contributed by atoms with Gasteiger partial charge in [-0.15, -0.1) is 0 Å². The van der Waals surface area contributed by atoms with Crippen LogP contribution in [0.15, 0.2) is 0 Å². The molecule has 2 heterocycles. The molecule has 4 nitrogen and oxygen atoms in total. The van der Waals surface area contributed by atoms with Crippen molar-refractivity contribution in [3.8, 4) is 0 Å². The van der Waals surface area contributed by atoms with Gasteiger partial charge in [-0.1, -0.05) is 0 Å². The molecule has 2 aliphatic carbocycles. The van der Waals surface area contributed by atoms with Crippen molar-refractivity contribution in [3.63, 3.8) is 0 Å².